The number of benzene rings is 2. The first-order chi connectivity index (χ1) is 14.6. The quantitative estimate of drug-likeness (QED) is 0.133. The van der Waals surface area contributed by atoms with Crippen molar-refractivity contribution < 1.29 is 55.1 Å². The van der Waals surface area contributed by atoms with Crippen LogP contribution in [0.15, 0.2) is 21.3 Å². The number of aromatic hydroxyl groups is 5. The minimum absolute atomic E-state index is 0.275. The van der Waals surface area contributed by atoms with Crippen LogP contribution in [0.25, 0.3) is 21.9 Å². The summed E-state index contributed by atoms with van der Waals surface area (Å²) < 4.78 is 10.6. The molecule has 1 fully saturated rings. The predicted molar refractivity (Wildman–Crippen MR) is 101 cm³/mol. The zero-order chi connectivity index (χ0) is 22.8. The minimum atomic E-state index is -1.93. The van der Waals surface area contributed by atoms with Crippen LogP contribution in [0.1, 0.15) is 11.7 Å². The lowest BCUT2D eigenvalue weighted by Crippen LogP contribution is -2.55. The number of aliphatic hydroxyl groups excluding tert-OH is 4. The van der Waals surface area contributed by atoms with Crippen LogP contribution in [0.5, 0.6) is 28.7 Å². The maximum atomic E-state index is 13.0. The normalized spacial score (nSPS) is 26.5. The lowest BCUT2D eigenvalue weighted by Gasteiger charge is -2.40. The average Bonchev–Trinajstić information content (AvgIpc) is 2.73. The number of phenolic OH excluding ortho intramolecular Hbond substituents is 5. The van der Waals surface area contributed by atoms with Gasteiger partial charge in [0.2, 0.25) is 11.2 Å². The largest absolute Gasteiger partial charge is 0.506 e. The molecule has 31 heavy (non-hydrogen) atoms. The number of aliphatic hydroxyl groups is 4. The summed E-state index contributed by atoms with van der Waals surface area (Å²) in [6.45, 7) is -0.794. The van der Waals surface area contributed by atoms with E-state index in [2.05, 4.69) is 0 Å². The molecule has 0 amide bonds. The summed E-state index contributed by atoms with van der Waals surface area (Å²) in [5, 5.41) is 89.6. The number of hydrogen-bond acceptors (Lipinski definition) is 12. The minimum Gasteiger partial charge on any atom is -0.506 e. The fraction of sp³-hybridized carbons (Fsp3) is 0.316. The van der Waals surface area contributed by atoms with Crippen molar-refractivity contribution in [3.05, 3.63) is 27.9 Å². The molecule has 1 aliphatic heterocycles. The molecule has 3 unspecified atom stereocenters. The van der Waals surface area contributed by atoms with E-state index >= 15 is 0 Å². The van der Waals surface area contributed by atoms with Crippen molar-refractivity contribution in [2.45, 2.75) is 30.5 Å². The predicted octanol–water partition coefficient (Wildman–Crippen LogP) is -1.01. The Kier molecular flexibility index (Phi) is 4.83. The van der Waals surface area contributed by atoms with E-state index in [1.165, 1.54) is 0 Å². The van der Waals surface area contributed by atoms with Crippen molar-refractivity contribution in [1.82, 2.24) is 0 Å². The van der Waals surface area contributed by atoms with E-state index in [0.717, 1.165) is 12.1 Å². The van der Waals surface area contributed by atoms with Crippen molar-refractivity contribution in [2.24, 2.45) is 0 Å². The van der Waals surface area contributed by atoms with Gasteiger partial charge in [0.25, 0.3) is 0 Å². The molecule has 0 aliphatic carbocycles. The van der Waals surface area contributed by atoms with Crippen LogP contribution in [0.3, 0.4) is 0 Å². The summed E-state index contributed by atoms with van der Waals surface area (Å²) in [6, 6.07) is 1.76. The van der Waals surface area contributed by atoms with Crippen molar-refractivity contribution >= 4 is 21.9 Å². The highest BCUT2D eigenvalue weighted by atomic mass is 16.5. The van der Waals surface area contributed by atoms with Gasteiger partial charge >= 0.3 is 0 Å². The van der Waals surface area contributed by atoms with E-state index in [-0.39, 0.29) is 11.0 Å². The first-order valence-corrected chi connectivity index (χ1v) is 8.98. The Hall–Kier alpha value is -3.29. The van der Waals surface area contributed by atoms with Gasteiger partial charge in [-0.2, -0.15) is 0 Å². The lowest BCUT2D eigenvalue weighted by atomic mass is 9.89. The average molecular weight is 438 g/mol. The van der Waals surface area contributed by atoms with Gasteiger partial charge in [-0.1, -0.05) is 0 Å². The van der Waals surface area contributed by atoms with Gasteiger partial charge in [0.1, 0.15) is 47.2 Å². The zero-order valence-electron chi connectivity index (χ0n) is 15.5. The van der Waals surface area contributed by atoms with E-state index in [0.29, 0.717) is 0 Å². The second-order valence-electron chi connectivity index (χ2n) is 7.18. The molecular formula is C19H18O12. The Morgan fingerprint density at radius 1 is 0.839 bits per heavy atom. The summed E-state index contributed by atoms with van der Waals surface area (Å²) >= 11 is 0. The molecule has 4 rings (SSSR count). The Morgan fingerprint density at radius 3 is 2.13 bits per heavy atom. The molecule has 12 heteroatoms. The Balaban J connectivity index is 2.04. The van der Waals surface area contributed by atoms with Gasteiger partial charge in [-0.3, -0.25) is 4.79 Å². The first kappa shape index (κ1) is 21.0. The van der Waals surface area contributed by atoms with Crippen LogP contribution >= 0.6 is 0 Å². The second kappa shape index (κ2) is 7.14. The molecule has 5 atom stereocenters. The Labute approximate surface area is 171 Å². The van der Waals surface area contributed by atoms with E-state index in [1.54, 1.807) is 0 Å². The van der Waals surface area contributed by atoms with Crippen LogP contribution < -0.4 is 5.43 Å². The van der Waals surface area contributed by atoms with Crippen LogP contribution in [0.4, 0.5) is 0 Å². The zero-order valence-corrected chi connectivity index (χ0v) is 15.5. The number of rotatable bonds is 2. The number of fused-ring (bicyclic) bond motifs is 2. The van der Waals surface area contributed by atoms with Gasteiger partial charge in [0.15, 0.2) is 22.8 Å². The van der Waals surface area contributed by atoms with Crippen molar-refractivity contribution in [2.75, 3.05) is 6.61 Å². The highest BCUT2D eigenvalue weighted by Crippen LogP contribution is 2.50. The van der Waals surface area contributed by atoms with Gasteiger partial charge in [-0.15, -0.1) is 0 Å². The molecule has 2 aromatic carbocycles. The Morgan fingerprint density at radius 2 is 1.48 bits per heavy atom. The van der Waals surface area contributed by atoms with E-state index < -0.39 is 87.8 Å². The van der Waals surface area contributed by atoms with Gasteiger partial charge in [0.05, 0.1) is 17.6 Å². The fourth-order valence-electron chi connectivity index (χ4n) is 3.69. The van der Waals surface area contributed by atoms with E-state index in [4.69, 9.17) is 9.15 Å². The molecule has 1 aliphatic rings. The molecular weight excluding hydrogens is 420 g/mol. The van der Waals surface area contributed by atoms with Crippen LogP contribution in [0, 0.1) is 0 Å². The van der Waals surface area contributed by atoms with Gasteiger partial charge in [-0.25, -0.2) is 0 Å². The molecule has 0 radical (unpaired) electrons. The summed E-state index contributed by atoms with van der Waals surface area (Å²) in [5.41, 5.74) is -2.60. The molecule has 9 N–H and O–H groups in total. The third-order valence-electron chi connectivity index (χ3n) is 5.35. The van der Waals surface area contributed by atoms with Crippen LogP contribution in [-0.4, -0.2) is 77.0 Å². The van der Waals surface area contributed by atoms with Crippen molar-refractivity contribution in [3.8, 4) is 28.7 Å². The maximum absolute atomic E-state index is 13.0. The molecule has 0 bridgehead atoms. The molecule has 0 saturated carbocycles. The summed E-state index contributed by atoms with van der Waals surface area (Å²) in [7, 11) is 0. The van der Waals surface area contributed by atoms with Gasteiger partial charge in [0, 0.05) is 6.07 Å². The third kappa shape index (κ3) is 2.92. The molecule has 2 heterocycles. The number of phenols is 5. The second-order valence-corrected chi connectivity index (χ2v) is 7.18. The van der Waals surface area contributed by atoms with Crippen LogP contribution in [0.2, 0.25) is 0 Å². The highest BCUT2D eigenvalue weighted by molar-refractivity contribution is 5.99. The monoisotopic (exact) mass is 438 g/mol. The summed E-state index contributed by atoms with van der Waals surface area (Å²) in [4.78, 5) is 13.0. The summed E-state index contributed by atoms with van der Waals surface area (Å²) in [6.07, 6.45) is -8.68. The maximum Gasteiger partial charge on any atom is 0.204 e. The Bertz CT molecular complexity index is 1250. The molecule has 166 valence electrons. The molecule has 1 saturated heterocycles. The molecule has 0 spiro atoms. The highest BCUT2D eigenvalue weighted by Gasteiger charge is 2.46. The van der Waals surface area contributed by atoms with Gasteiger partial charge in [-0.05, 0) is 6.07 Å². The molecule has 12 nitrogen and oxygen atoms in total. The van der Waals surface area contributed by atoms with Crippen molar-refractivity contribution in [1.29, 1.82) is 0 Å². The topological polar surface area (TPSA) is 222 Å². The number of hydrogen-bond donors (Lipinski definition) is 9. The summed E-state index contributed by atoms with van der Waals surface area (Å²) in [5.74, 6) is -4.33. The molecule has 3 aromatic rings. The first-order valence-electron chi connectivity index (χ1n) is 8.98. The fourth-order valence-corrected chi connectivity index (χ4v) is 3.69. The smallest absolute Gasteiger partial charge is 0.204 e. The molecule has 1 aromatic heterocycles. The van der Waals surface area contributed by atoms with Gasteiger partial charge < -0.3 is 55.1 Å². The SMILES string of the molecule is O=c1c2cc(O)c(O)cc2oc2c(O)c(O)c([C@@H]3OC(CO)[C@@H](O)C(O)C3O)c(O)c12. The standard InChI is InChI=1S/C19H18O12/c20-3-8-12(24)15(27)17(29)19(31-8)10-13(25)9-11(23)4-1-5(21)6(22)2-7(4)30-18(9)16(28)14(10)26/h1-2,8,12,15,17,19-22,24-29H,3H2/t8?,12-,15?,17?,19+/m1/s1. The van der Waals surface area contributed by atoms with E-state index in [1.807, 2.05) is 0 Å². The van der Waals surface area contributed by atoms with Crippen LogP contribution in [-0.2, 0) is 4.74 Å². The van der Waals surface area contributed by atoms with Crippen molar-refractivity contribution in [3.63, 3.8) is 0 Å². The number of ether oxygens (including phenoxy) is 1. The lowest BCUT2D eigenvalue weighted by molar-refractivity contribution is -0.232. The van der Waals surface area contributed by atoms with E-state index in [9.17, 15) is 50.8 Å². The third-order valence-corrected chi connectivity index (χ3v) is 5.35.